The fourth-order valence-electron chi connectivity index (χ4n) is 5.03. The van der Waals surface area contributed by atoms with Gasteiger partial charge >= 0.3 is 5.97 Å². The first-order valence-corrected chi connectivity index (χ1v) is 15.4. The second-order valence-corrected chi connectivity index (χ2v) is 10.6. The molecule has 2 aliphatic heterocycles. The van der Waals surface area contributed by atoms with Crippen LogP contribution in [0.15, 0.2) is 85.1 Å². The topological polar surface area (TPSA) is 70.2 Å². The Hall–Kier alpha value is -3.45. The van der Waals surface area contributed by atoms with E-state index in [1.807, 2.05) is 4.90 Å². The van der Waals surface area contributed by atoms with Crippen molar-refractivity contribution in [1.29, 1.82) is 0 Å². The van der Waals surface area contributed by atoms with Crippen LogP contribution in [-0.2, 0) is 19.1 Å². The Morgan fingerprint density at radius 1 is 0.762 bits per heavy atom. The summed E-state index contributed by atoms with van der Waals surface area (Å²) >= 11 is 0. The third kappa shape index (κ3) is 13.9. The van der Waals surface area contributed by atoms with Crippen molar-refractivity contribution in [2.24, 2.45) is 0 Å². The van der Waals surface area contributed by atoms with E-state index in [1.165, 1.54) is 13.2 Å². The lowest BCUT2D eigenvalue weighted by Crippen LogP contribution is -2.52. The molecule has 2 heterocycles. The molecule has 0 radical (unpaired) electrons. The van der Waals surface area contributed by atoms with E-state index in [1.54, 1.807) is 11.9 Å². The zero-order chi connectivity index (χ0) is 30.4. The molecule has 2 aliphatic rings. The number of rotatable bonds is 17. The van der Waals surface area contributed by atoms with Crippen LogP contribution in [0, 0.1) is 0 Å². The maximum Gasteiger partial charge on any atom is 0.330 e. The average molecular weight is 578 g/mol. The smallest absolute Gasteiger partial charge is 0.330 e. The predicted octanol–water partition coefficient (Wildman–Crippen LogP) is 5.94. The number of piperazine rings is 1. The van der Waals surface area contributed by atoms with Crippen molar-refractivity contribution in [3.05, 3.63) is 85.1 Å². The third-order valence-electron chi connectivity index (χ3n) is 7.53. The fraction of sp³-hybridized carbons (Fsp3) is 0.514. The first-order chi connectivity index (χ1) is 20.5. The molecule has 0 bridgehead atoms. The van der Waals surface area contributed by atoms with Crippen LogP contribution in [0.4, 0.5) is 0 Å². The molecule has 0 spiro atoms. The molecule has 2 atom stereocenters. The van der Waals surface area contributed by atoms with E-state index in [-0.39, 0.29) is 23.9 Å². The van der Waals surface area contributed by atoms with Crippen LogP contribution in [0.2, 0.25) is 0 Å². The molecular formula is C35H51N3O4. The van der Waals surface area contributed by atoms with Gasteiger partial charge in [0.2, 0.25) is 11.8 Å². The number of allylic oxidation sites excluding steroid dienone is 12. The maximum atomic E-state index is 12.8. The Balaban J connectivity index is 1.56. The largest absolute Gasteiger partial charge is 0.466 e. The number of likely N-dealkylation sites (N-methyl/N-ethyl adjacent to an activating group) is 1. The quantitative estimate of drug-likeness (QED) is 0.122. The molecule has 0 saturated carbocycles. The van der Waals surface area contributed by atoms with Crippen molar-refractivity contribution in [2.45, 2.75) is 76.8 Å². The van der Waals surface area contributed by atoms with Crippen LogP contribution in [0.5, 0.6) is 0 Å². The number of nitrogens with zero attached hydrogens (tertiary/aromatic N) is 3. The minimum atomic E-state index is -0.543. The fourth-order valence-corrected chi connectivity index (χ4v) is 5.03. The van der Waals surface area contributed by atoms with E-state index >= 15 is 0 Å². The van der Waals surface area contributed by atoms with Gasteiger partial charge in [-0.15, -0.1) is 0 Å². The van der Waals surface area contributed by atoms with Crippen molar-refractivity contribution >= 4 is 17.8 Å². The molecule has 7 nitrogen and oxygen atoms in total. The van der Waals surface area contributed by atoms with Crippen LogP contribution < -0.4 is 0 Å². The van der Waals surface area contributed by atoms with E-state index in [2.05, 4.69) is 89.5 Å². The summed E-state index contributed by atoms with van der Waals surface area (Å²) < 4.78 is 4.55. The Bertz CT molecular complexity index is 1040. The van der Waals surface area contributed by atoms with Gasteiger partial charge < -0.3 is 14.5 Å². The van der Waals surface area contributed by atoms with E-state index in [0.717, 1.165) is 77.1 Å². The molecule has 2 fully saturated rings. The highest BCUT2D eigenvalue weighted by atomic mass is 16.5. The number of ether oxygens (including phenoxy) is 1. The summed E-state index contributed by atoms with van der Waals surface area (Å²) in [5.41, 5.74) is 0. The molecule has 0 N–H and O–H groups in total. The molecule has 230 valence electrons. The van der Waals surface area contributed by atoms with Crippen molar-refractivity contribution in [2.75, 3.05) is 40.3 Å². The lowest BCUT2D eigenvalue weighted by Gasteiger charge is -2.37. The highest BCUT2D eigenvalue weighted by Gasteiger charge is 2.39. The Labute approximate surface area is 253 Å². The summed E-state index contributed by atoms with van der Waals surface area (Å²) in [6, 6.07) is 0.331. The summed E-state index contributed by atoms with van der Waals surface area (Å²) in [5, 5.41) is 0. The SMILES string of the molecule is CC/C=C\C/C=C\C/C=C\C/C=C\C/C=C\C/C=C\CCC(=O)N1CCN2CC(N(C)C(=O)/C=C/C(=O)OC)CC2C1. The van der Waals surface area contributed by atoms with E-state index in [4.69, 9.17) is 0 Å². The van der Waals surface area contributed by atoms with Gasteiger partial charge in [-0.3, -0.25) is 14.5 Å². The first-order valence-electron chi connectivity index (χ1n) is 15.4. The summed E-state index contributed by atoms with van der Waals surface area (Å²) in [6.07, 6.45) is 36.6. The molecule has 42 heavy (non-hydrogen) atoms. The van der Waals surface area contributed by atoms with Gasteiger partial charge in [0.1, 0.15) is 0 Å². The first kappa shape index (κ1) is 34.7. The van der Waals surface area contributed by atoms with Crippen LogP contribution in [-0.4, -0.2) is 84.9 Å². The number of hydrogen-bond acceptors (Lipinski definition) is 5. The number of methoxy groups -OCH3 is 1. The molecule has 2 saturated heterocycles. The highest BCUT2D eigenvalue weighted by Crippen LogP contribution is 2.25. The average Bonchev–Trinajstić information content (AvgIpc) is 3.43. The molecule has 2 unspecified atom stereocenters. The van der Waals surface area contributed by atoms with E-state index in [0.29, 0.717) is 13.0 Å². The summed E-state index contributed by atoms with van der Waals surface area (Å²) in [7, 11) is 3.05. The van der Waals surface area contributed by atoms with Gasteiger partial charge in [0.15, 0.2) is 0 Å². The summed E-state index contributed by atoms with van der Waals surface area (Å²) in [4.78, 5) is 42.5. The molecule has 2 rings (SSSR count). The van der Waals surface area contributed by atoms with Crippen molar-refractivity contribution < 1.29 is 19.1 Å². The van der Waals surface area contributed by atoms with Gasteiger partial charge in [-0.25, -0.2) is 4.79 Å². The van der Waals surface area contributed by atoms with Gasteiger partial charge in [-0.1, -0.05) is 79.8 Å². The van der Waals surface area contributed by atoms with Crippen molar-refractivity contribution in [3.8, 4) is 0 Å². The number of amides is 2. The van der Waals surface area contributed by atoms with Crippen LogP contribution in [0.25, 0.3) is 0 Å². The van der Waals surface area contributed by atoms with Crippen molar-refractivity contribution in [3.63, 3.8) is 0 Å². The lowest BCUT2D eigenvalue weighted by atomic mass is 10.1. The number of carbonyl (C=O) groups excluding carboxylic acids is 3. The number of carbonyl (C=O) groups is 3. The van der Waals surface area contributed by atoms with Gasteiger partial charge in [0.05, 0.1) is 7.11 Å². The Kier molecular flexibility index (Phi) is 17.6. The second-order valence-electron chi connectivity index (χ2n) is 10.6. The van der Waals surface area contributed by atoms with Crippen molar-refractivity contribution in [1.82, 2.24) is 14.7 Å². The normalized spacial score (nSPS) is 20.0. The summed E-state index contributed by atoms with van der Waals surface area (Å²) in [5.74, 6) is -0.559. The number of fused-ring (bicyclic) bond motifs is 1. The minimum absolute atomic E-state index is 0.0683. The highest BCUT2D eigenvalue weighted by molar-refractivity contribution is 5.94. The monoisotopic (exact) mass is 577 g/mol. The van der Waals surface area contributed by atoms with Crippen LogP contribution in [0.1, 0.15) is 64.7 Å². The zero-order valence-electron chi connectivity index (χ0n) is 25.9. The molecule has 0 aliphatic carbocycles. The second kappa shape index (κ2) is 21.3. The minimum Gasteiger partial charge on any atom is -0.466 e. The van der Waals surface area contributed by atoms with Gasteiger partial charge in [0, 0.05) is 63.9 Å². The molecule has 0 aromatic rings. The Morgan fingerprint density at radius 3 is 1.86 bits per heavy atom. The van der Waals surface area contributed by atoms with E-state index in [9.17, 15) is 14.4 Å². The van der Waals surface area contributed by atoms with Gasteiger partial charge in [-0.2, -0.15) is 0 Å². The standard InChI is InChI=1S/C35H51N3O4/c1-4-5-6-7-8-9-10-11-12-13-14-15-16-17-18-19-20-21-22-23-34(40)38-27-26-37-29-31(28-32(37)30-38)36(2)33(39)24-25-35(41)42-3/h5-6,8-9,11-12,14-15,17-18,20-21,24-25,31-32H,4,7,10,13,16,19,22-23,26-30H2,1-3H3/b6-5-,9-8-,12-11-,15-14-,18-17-,21-20-,25-24+. The zero-order valence-corrected chi connectivity index (χ0v) is 25.9. The van der Waals surface area contributed by atoms with E-state index < -0.39 is 5.97 Å². The molecule has 7 heteroatoms. The molecule has 0 aromatic carbocycles. The number of hydrogen-bond donors (Lipinski definition) is 0. The number of esters is 1. The lowest BCUT2D eigenvalue weighted by molar-refractivity contribution is -0.135. The molecular weight excluding hydrogens is 526 g/mol. The van der Waals surface area contributed by atoms with Crippen LogP contribution in [0.3, 0.4) is 0 Å². The maximum absolute atomic E-state index is 12.8. The summed E-state index contributed by atoms with van der Waals surface area (Å²) in [6.45, 7) is 5.20. The molecule has 0 aromatic heterocycles. The van der Waals surface area contributed by atoms with Gasteiger partial charge in [0.25, 0.3) is 0 Å². The third-order valence-corrected chi connectivity index (χ3v) is 7.53. The molecule has 2 amide bonds. The Morgan fingerprint density at radius 2 is 1.31 bits per heavy atom. The van der Waals surface area contributed by atoms with Crippen LogP contribution >= 0.6 is 0 Å². The predicted molar refractivity (Wildman–Crippen MR) is 172 cm³/mol. The van der Waals surface area contributed by atoms with Gasteiger partial charge in [-0.05, 0) is 51.4 Å².